The van der Waals surface area contributed by atoms with Crippen molar-refractivity contribution in [1.29, 1.82) is 0 Å². The molecule has 7 heteroatoms. The van der Waals surface area contributed by atoms with Gasteiger partial charge in [-0.25, -0.2) is 9.78 Å². The number of likely N-dealkylation sites (tertiary alicyclic amines) is 1. The predicted molar refractivity (Wildman–Crippen MR) is 98.4 cm³/mol. The molecule has 1 aliphatic carbocycles. The summed E-state index contributed by atoms with van der Waals surface area (Å²) >= 11 is 1.60. The van der Waals surface area contributed by atoms with Crippen LogP contribution in [0.3, 0.4) is 0 Å². The summed E-state index contributed by atoms with van der Waals surface area (Å²) in [6.45, 7) is 3.77. The summed E-state index contributed by atoms with van der Waals surface area (Å²) in [6, 6.07) is 0.382. The Balaban J connectivity index is 1.38. The van der Waals surface area contributed by atoms with Gasteiger partial charge in [0.1, 0.15) is 0 Å². The van der Waals surface area contributed by atoms with Gasteiger partial charge in [-0.2, -0.15) is 0 Å². The normalized spacial score (nSPS) is 19.6. The number of hydrogen-bond acceptors (Lipinski definition) is 4. The molecule has 25 heavy (non-hydrogen) atoms. The Morgan fingerprint density at radius 1 is 1.20 bits per heavy atom. The van der Waals surface area contributed by atoms with Crippen LogP contribution in [0.5, 0.6) is 0 Å². The fraction of sp³-hybridized carbons (Fsp3) is 0.722. The van der Waals surface area contributed by atoms with Gasteiger partial charge in [-0.3, -0.25) is 4.79 Å². The van der Waals surface area contributed by atoms with Gasteiger partial charge in [0.05, 0.1) is 17.2 Å². The molecular weight excluding hydrogens is 336 g/mol. The Morgan fingerprint density at radius 3 is 2.56 bits per heavy atom. The standard InChI is InChI=1S/C18H28N4O2S/c1-13-20-16(12-25-13)11-19-17(23)14-7-9-22(10-8-14)18(24)21-15-5-3-2-4-6-15/h12,14-15H,2-11H2,1H3,(H,19,23)(H,21,24). The highest BCUT2D eigenvalue weighted by molar-refractivity contribution is 7.09. The minimum Gasteiger partial charge on any atom is -0.350 e. The number of hydrogen-bond donors (Lipinski definition) is 2. The first kappa shape index (κ1) is 18.2. The second-order valence-corrected chi connectivity index (χ2v) is 8.18. The zero-order valence-corrected chi connectivity index (χ0v) is 15.7. The van der Waals surface area contributed by atoms with Gasteiger partial charge in [-0.05, 0) is 32.6 Å². The summed E-state index contributed by atoms with van der Waals surface area (Å²) in [5, 5.41) is 9.13. The van der Waals surface area contributed by atoms with Crippen LogP contribution in [0.2, 0.25) is 0 Å². The Hall–Kier alpha value is -1.63. The second kappa shape index (κ2) is 8.65. The van der Waals surface area contributed by atoms with E-state index in [-0.39, 0.29) is 17.9 Å². The fourth-order valence-electron chi connectivity index (χ4n) is 3.67. The van der Waals surface area contributed by atoms with E-state index in [2.05, 4.69) is 15.6 Å². The van der Waals surface area contributed by atoms with E-state index in [4.69, 9.17) is 0 Å². The molecular formula is C18H28N4O2S. The number of nitrogens with one attached hydrogen (secondary N) is 2. The van der Waals surface area contributed by atoms with Crippen molar-refractivity contribution in [2.24, 2.45) is 5.92 Å². The molecule has 0 atom stereocenters. The number of carbonyl (C=O) groups excluding carboxylic acids is 2. The molecule has 1 aromatic rings. The van der Waals surface area contributed by atoms with Gasteiger partial charge >= 0.3 is 6.03 Å². The number of aryl methyl sites for hydroxylation is 1. The second-order valence-electron chi connectivity index (χ2n) is 7.12. The summed E-state index contributed by atoms with van der Waals surface area (Å²) in [4.78, 5) is 30.9. The van der Waals surface area contributed by atoms with Crippen molar-refractivity contribution >= 4 is 23.3 Å². The lowest BCUT2D eigenvalue weighted by Crippen LogP contribution is -2.49. The lowest BCUT2D eigenvalue weighted by atomic mass is 9.95. The molecule has 0 radical (unpaired) electrons. The smallest absolute Gasteiger partial charge is 0.317 e. The van der Waals surface area contributed by atoms with E-state index in [1.165, 1.54) is 19.3 Å². The van der Waals surface area contributed by atoms with Crippen LogP contribution in [0.1, 0.15) is 55.6 Å². The van der Waals surface area contributed by atoms with Crippen molar-refractivity contribution < 1.29 is 9.59 Å². The van der Waals surface area contributed by atoms with Gasteiger partial charge in [0.25, 0.3) is 0 Å². The summed E-state index contributed by atoms with van der Waals surface area (Å²) in [5.41, 5.74) is 0.917. The van der Waals surface area contributed by atoms with Gasteiger partial charge in [-0.1, -0.05) is 19.3 Å². The largest absolute Gasteiger partial charge is 0.350 e. The highest BCUT2D eigenvalue weighted by Crippen LogP contribution is 2.20. The molecule has 0 bridgehead atoms. The summed E-state index contributed by atoms with van der Waals surface area (Å²) in [6.07, 6.45) is 7.38. The number of nitrogens with zero attached hydrogens (tertiary/aromatic N) is 2. The molecule has 0 unspecified atom stereocenters. The van der Waals surface area contributed by atoms with E-state index in [1.54, 1.807) is 11.3 Å². The SMILES string of the molecule is Cc1nc(CNC(=O)C2CCN(C(=O)NC3CCCCC3)CC2)cs1. The Labute approximate surface area is 153 Å². The van der Waals surface area contributed by atoms with Crippen LogP contribution in [0.25, 0.3) is 0 Å². The van der Waals surface area contributed by atoms with Crippen LogP contribution in [-0.4, -0.2) is 41.0 Å². The number of rotatable bonds is 4. The Kier molecular flexibility index (Phi) is 6.29. The molecule has 1 aromatic heterocycles. The van der Waals surface area contributed by atoms with Gasteiger partial charge in [0, 0.05) is 30.4 Å². The number of piperidine rings is 1. The molecule has 0 spiro atoms. The van der Waals surface area contributed by atoms with E-state index in [0.29, 0.717) is 25.7 Å². The van der Waals surface area contributed by atoms with Crippen molar-refractivity contribution in [3.63, 3.8) is 0 Å². The van der Waals surface area contributed by atoms with Crippen LogP contribution in [0, 0.1) is 12.8 Å². The highest BCUT2D eigenvalue weighted by Gasteiger charge is 2.28. The van der Waals surface area contributed by atoms with Crippen molar-refractivity contribution in [1.82, 2.24) is 20.5 Å². The van der Waals surface area contributed by atoms with Crippen LogP contribution in [-0.2, 0) is 11.3 Å². The number of amides is 3. The van der Waals surface area contributed by atoms with Crippen LogP contribution in [0.4, 0.5) is 4.79 Å². The monoisotopic (exact) mass is 364 g/mol. The van der Waals surface area contributed by atoms with Crippen molar-refractivity contribution in [2.45, 2.75) is 64.5 Å². The van der Waals surface area contributed by atoms with E-state index >= 15 is 0 Å². The molecule has 1 saturated carbocycles. The van der Waals surface area contributed by atoms with Gasteiger partial charge in [0.15, 0.2) is 0 Å². The van der Waals surface area contributed by atoms with Crippen LogP contribution < -0.4 is 10.6 Å². The molecule has 3 rings (SSSR count). The lowest BCUT2D eigenvalue weighted by Gasteiger charge is -2.33. The van der Waals surface area contributed by atoms with Crippen molar-refractivity contribution in [3.8, 4) is 0 Å². The van der Waals surface area contributed by atoms with E-state index in [0.717, 1.165) is 36.4 Å². The Bertz CT molecular complexity index is 590. The Morgan fingerprint density at radius 2 is 1.92 bits per heavy atom. The highest BCUT2D eigenvalue weighted by atomic mass is 32.1. The van der Waals surface area contributed by atoms with Crippen molar-refractivity contribution in [2.75, 3.05) is 13.1 Å². The molecule has 1 saturated heterocycles. The third-order valence-electron chi connectivity index (χ3n) is 5.20. The average Bonchev–Trinajstić information content (AvgIpc) is 3.06. The fourth-order valence-corrected chi connectivity index (χ4v) is 4.28. The van der Waals surface area contributed by atoms with Crippen LogP contribution in [0.15, 0.2) is 5.38 Å². The minimum absolute atomic E-state index is 0.00142. The van der Waals surface area contributed by atoms with E-state index < -0.39 is 0 Å². The maximum Gasteiger partial charge on any atom is 0.317 e. The minimum atomic E-state index is -0.00142. The number of carbonyl (C=O) groups is 2. The average molecular weight is 365 g/mol. The first-order valence-electron chi connectivity index (χ1n) is 9.36. The zero-order chi connectivity index (χ0) is 17.6. The molecule has 2 fully saturated rings. The molecule has 2 aliphatic rings. The maximum atomic E-state index is 12.4. The zero-order valence-electron chi connectivity index (χ0n) is 14.9. The van der Waals surface area contributed by atoms with Crippen LogP contribution >= 0.6 is 11.3 Å². The first-order valence-corrected chi connectivity index (χ1v) is 10.2. The number of urea groups is 1. The lowest BCUT2D eigenvalue weighted by molar-refractivity contribution is -0.126. The number of aromatic nitrogens is 1. The van der Waals surface area contributed by atoms with Gasteiger partial charge in [-0.15, -0.1) is 11.3 Å². The summed E-state index contributed by atoms with van der Waals surface area (Å²) < 4.78 is 0. The molecule has 138 valence electrons. The predicted octanol–water partition coefficient (Wildman–Crippen LogP) is 2.82. The van der Waals surface area contributed by atoms with Gasteiger partial charge in [0.2, 0.25) is 5.91 Å². The summed E-state index contributed by atoms with van der Waals surface area (Å²) in [7, 11) is 0. The quantitative estimate of drug-likeness (QED) is 0.863. The maximum absolute atomic E-state index is 12.4. The third kappa shape index (κ3) is 5.17. The molecule has 2 N–H and O–H groups in total. The molecule has 3 amide bonds. The topological polar surface area (TPSA) is 74.3 Å². The van der Waals surface area contributed by atoms with Gasteiger partial charge < -0.3 is 15.5 Å². The van der Waals surface area contributed by atoms with E-state index in [1.807, 2.05) is 17.2 Å². The molecule has 6 nitrogen and oxygen atoms in total. The summed E-state index contributed by atoms with van der Waals surface area (Å²) in [5.74, 6) is 0.0801. The third-order valence-corrected chi connectivity index (χ3v) is 6.02. The first-order chi connectivity index (χ1) is 12.1. The molecule has 0 aromatic carbocycles. The molecule has 1 aliphatic heterocycles. The van der Waals surface area contributed by atoms with E-state index in [9.17, 15) is 9.59 Å². The molecule has 2 heterocycles. The number of thiazole rings is 1. The van der Waals surface area contributed by atoms with Crippen molar-refractivity contribution in [3.05, 3.63) is 16.1 Å².